The molecule has 0 fully saturated rings. The van der Waals surface area contributed by atoms with Gasteiger partial charge in [0.2, 0.25) is 0 Å². The van der Waals surface area contributed by atoms with Gasteiger partial charge in [-0.2, -0.15) is 0 Å². The Hall–Kier alpha value is -1.88. The molecule has 0 saturated carbocycles. The number of aromatic nitrogens is 1. The predicted molar refractivity (Wildman–Crippen MR) is 83.2 cm³/mol. The summed E-state index contributed by atoms with van der Waals surface area (Å²) in [4.78, 5) is 17.6. The van der Waals surface area contributed by atoms with Gasteiger partial charge in [0, 0.05) is 11.4 Å². The van der Waals surface area contributed by atoms with Crippen LogP contribution in [0.25, 0.3) is 0 Å². The first-order chi connectivity index (χ1) is 9.70. The van der Waals surface area contributed by atoms with E-state index in [-0.39, 0.29) is 11.9 Å². The van der Waals surface area contributed by atoms with Crippen LogP contribution in [0.3, 0.4) is 0 Å². The zero-order valence-corrected chi connectivity index (χ0v) is 12.5. The van der Waals surface area contributed by atoms with E-state index in [0.717, 1.165) is 23.7 Å². The monoisotopic (exact) mass is 289 g/mol. The molecule has 5 heteroatoms. The number of nitrogens with one attached hydrogen (secondary N) is 2. The van der Waals surface area contributed by atoms with E-state index in [0.29, 0.717) is 5.69 Å². The number of nitrogens with zero attached hydrogens (tertiary/aromatic N) is 1. The highest BCUT2D eigenvalue weighted by molar-refractivity contribution is 7.10. The number of carbonyl (C=O) groups excluding carboxylic acids is 1. The number of thiophene rings is 1. The molecule has 0 spiro atoms. The average Bonchev–Trinajstić information content (AvgIpc) is 2.99. The van der Waals surface area contributed by atoms with Gasteiger partial charge < -0.3 is 10.6 Å². The summed E-state index contributed by atoms with van der Waals surface area (Å²) < 4.78 is 0. The van der Waals surface area contributed by atoms with Crippen LogP contribution < -0.4 is 10.6 Å². The van der Waals surface area contributed by atoms with Crippen molar-refractivity contribution >= 4 is 23.1 Å². The van der Waals surface area contributed by atoms with Gasteiger partial charge in [-0.05, 0) is 36.9 Å². The molecule has 4 nitrogen and oxygen atoms in total. The van der Waals surface area contributed by atoms with Crippen LogP contribution in [0.2, 0.25) is 0 Å². The largest absolute Gasteiger partial charge is 0.370 e. The molecule has 1 atom stereocenters. The minimum absolute atomic E-state index is 0.00319. The van der Waals surface area contributed by atoms with E-state index in [1.807, 2.05) is 36.6 Å². The van der Waals surface area contributed by atoms with Crippen molar-refractivity contribution in [1.82, 2.24) is 10.3 Å². The SMILES string of the molecule is CCCNc1cccc(C(=O)NC(C)c2cccs2)n1. The van der Waals surface area contributed by atoms with E-state index in [1.165, 1.54) is 0 Å². The standard InChI is InChI=1S/C15H19N3OS/c1-3-9-16-14-8-4-6-12(18-14)15(19)17-11(2)13-7-5-10-20-13/h4-8,10-11H,3,9H2,1-2H3,(H,16,18)(H,17,19). The molecule has 106 valence electrons. The first-order valence-electron chi connectivity index (χ1n) is 6.76. The van der Waals surface area contributed by atoms with Gasteiger partial charge in [0.1, 0.15) is 11.5 Å². The van der Waals surface area contributed by atoms with Crippen LogP contribution in [0.15, 0.2) is 35.7 Å². The van der Waals surface area contributed by atoms with Gasteiger partial charge in [-0.25, -0.2) is 4.98 Å². The summed E-state index contributed by atoms with van der Waals surface area (Å²) in [5.74, 6) is 0.592. The highest BCUT2D eigenvalue weighted by atomic mass is 32.1. The maximum atomic E-state index is 12.2. The Kier molecular flexibility index (Phi) is 5.12. The second-order valence-corrected chi connectivity index (χ2v) is 5.52. The minimum Gasteiger partial charge on any atom is -0.370 e. The number of anilines is 1. The zero-order valence-electron chi connectivity index (χ0n) is 11.7. The molecule has 1 unspecified atom stereocenters. The van der Waals surface area contributed by atoms with E-state index in [4.69, 9.17) is 0 Å². The van der Waals surface area contributed by atoms with Crippen molar-refractivity contribution in [3.05, 3.63) is 46.3 Å². The third-order valence-electron chi connectivity index (χ3n) is 2.86. The highest BCUT2D eigenvalue weighted by Gasteiger charge is 2.13. The summed E-state index contributed by atoms with van der Waals surface area (Å²) in [7, 11) is 0. The lowest BCUT2D eigenvalue weighted by Gasteiger charge is -2.12. The van der Waals surface area contributed by atoms with Crippen molar-refractivity contribution in [3.8, 4) is 0 Å². The summed E-state index contributed by atoms with van der Waals surface area (Å²) in [5.41, 5.74) is 0.439. The maximum absolute atomic E-state index is 12.2. The summed E-state index contributed by atoms with van der Waals surface area (Å²) >= 11 is 1.63. The fourth-order valence-corrected chi connectivity index (χ4v) is 2.53. The average molecular weight is 289 g/mol. The molecule has 0 aliphatic heterocycles. The number of rotatable bonds is 6. The topological polar surface area (TPSA) is 54.0 Å². The molecule has 20 heavy (non-hydrogen) atoms. The minimum atomic E-state index is -0.147. The lowest BCUT2D eigenvalue weighted by molar-refractivity contribution is 0.0935. The lowest BCUT2D eigenvalue weighted by Crippen LogP contribution is -2.27. The van der Waals surface area contributed by atoms with Crippen molar-refractivity contribution in [1.29, 1.82) is 0 Å². The van der Waals surface area contributed by atoms with E-state index in [9.17, 15) is 4.79 Å². The Balaban J connectivity index is 2.01. The Labute approximate surface area is 123 Å². The van der Waals surface area contributed by atoms with Gasteiger partial charge >= 0.3 is 0 Å². The quantitative estimate of drug-likeness (QED) is 0.856. The van der Waals surface area contributed by atoms with Gasteiger partial charge in [0.05, 0.1) is 6.04 Å². The fourth-order valence-electron chi connectivity index (χ4n) is 1.79. The van der Waals surface area contributed by atoms with Gasteiger partial charge in [-0.3, -0.25) is 4.79 Å². The van der Waals surface area contributed by atoms with Crippen molar-refractivity contribution in [2.75, 3.05) is 11.9 Å². The molecule has 1 amide bonds. The van der Waals surface area contributed by atoms with Crippen molar-refractivity contribution in [2.45, 2.75) is 26.3 Å². The van der Waals surface area contributed by atoms with E-state index in [2.05, 4.69) is 22.5 Å². The molecule has 2 heterocycles. The molecule has 0 saturated heterocycles. The second-order valence-electron chi connectivity index (χ2n) is 4.55. The molecule has 0 aliphatic rings. The second kappa shape index (κ2) is 7.05. The van der Waals surface area contributed by atoms with Crippen LogP contribution in [0.1, 0.15) is 41.7 Å². The summed E-state index contributed by atoms with van der Waals surface area (Å²) in [5, 5.41) is 8.15. The molecule has 2 N–H and O–H groups in total. The Bertz CT molecular complexity index is 554. The van der Waals surface area contributed by atoms with Crippen LogP contribution in [-0.2, 0) is 0 Å². The molecule has 2 rings (SSSR count). The van der Waals surface area contributed by atoms with E-state index < -0.39 is 0 Å². The van der Waals surface area contributed by atoms with E-state index >= 15 is 0 Å². The summed E-state index contributed by atoms with van der Waals surface area (Å²) in [6, 6.07) is 9.44. The van der Waals surface area contributed by atoms with Crippen molar-refractivity contribution in [3.63, 3.8) is 0 Å². The number of hydrogen-bond acceptors (Lipinski definition) is 4. The summed E-state index contributed by atoms with van der Waals surface area (Å²) in [6.45, 7) is 4.92. The van der Waals surface area contributed by atoms with E-state index in [1.54, 1.807) is 17.4 Å². The molecular formula is C15H19N3OS. The Morgan fingerprint density at radius 2 is 2.20 bits per heavy atom. The molecule has 0 aromatic carbocycles. The third-order valence-corrected chi connectivity index (χ3v) is 3.91. The van der Waals surface area contributed by atoms with Crippen LogP contribution in [0, 0.1) is 0 Å². The first kappa shape index (κ1) is 14.5. The molecule has 0 bridgehead atoms. The number of amides is 1. The number of carbonyl (C=O) groups is 1. The van der Waals surface area contributed by atoms with Gasteiger partial charge in [-0.1, -0.05) is 19.1 Å². The van der Waals surface area contributed by atoms with Gasteiger partial charge in [0.25, 0.3) is 5.91 Å². The molecule has 0 radical (unpaired) electrons. The van der Waals surface area contributed by atoms with Crippen LogP contribution in [-0.4, -0.2) is 17.4 Å². The molecular weight excluding hydrogens is 270 g/mol. The highest BCUT2D eigenvalue weighted by Crippen LogP contribution is 2.18. The smallest absolute Gasteiger partial charge is 0.270 e. The summed E-state index contributed by atoms with van der Waals surface area (Å²) in [6.07, 6.45) is 1.02. The molecule has 0 aliphatic carbocycles. The first-order valence-corrected chi connectivity index (χ1v) is 7.64. The van der Waals surface area contributed by atoms with Gasteiger partial charge in [-0.15, -0.1) is 11.3 Å². The van der Waals surface area contributed by atoms with Gasteiger partial charge in [0.15, 0.2) is 0 Å². The van der Waals surface area contributed by atoms with Crippen molar-refractivity contribution < 1.29 is 4.79 Å². The third kappa shape index (κ3) is 3.81. The maximum Gasteiger partial charge on any atom is 0.270 e. The van der Waals surface area contributed by atoms with Crippen LogP contribution in [0.4, 0.5) is 5.82 Å². The predicted octanol–water partition coefficient (Wildman–Crippen LogP) is 3.46. The lowest BCUT2D eigenvalue weighted by atomic mass is 10.2. The fraction of sp³-hybridized carbons (Fsp3) is 0.333. The van der Waals surface area contributed by atoms with Crippen molar-refractivity contribution in [2.24, 2.45) is 0 Å². The Morgan fingerprint density at radius 3 is 2.90 bits per heavy atom. The van der Waals surface area contributed by atoms with Crippen LogP contribution in [0.5, 0.6) is 0 Å². The number of hydrogen-bond donors (Lipinski definition) is 2. The Morgan fingerprint density at radius 1 is 1.35 bits per heavy atom. The zero-order chi connectivity index (χ0) is 14.4. The molecule has 2 aromatic heterocycles. The van der Waals surface area contributed by atoms with Crippen LogP contribution >= 0.6 is 11.3 Å². The number of pyridine rings is 1. The normalized spacial score (nSPS) is 11.9. The molecule has 2 aromatic rings.